The van der Waals surface area contributed by atoms with Crippen LogP contribution in [0.1, 0.15) is 37.3 Å². The second-order valence-corrected chi connectivity index (χ2v) is 5.65. The number of nitrogens with one attached hydrogen (secondary N) is 1. The molecule has 0 aliphatic carbocycles. The molecular weight excluding hydrogens is 308 g/mol. The van der Waals surface area contributed by atoms with E-state index in [0.29, 0.717) is 24.1 Å². The van der Waals surface area contributed by atoms with Crippen molar-refractivity contribution in [3.8, 4) is 11.6 Å². The van der Waals surface area contributed by atoms with Gasteiger partial charge in [-0.15, -0.1) is 5.10 Å². The zero-order valence-electron chi connectivity index (χ0n) is 13.9. The second kappa shape index (κ2) is 6.69. The molecule has 1 atom stereocenters. The highest BCUT2D eigenvalue weighted by atomic mass is 16.5. The van der Waals surface area contributed by atoms with Crippen LogP contribution < -0.4 is 10.4 Å². The van der Waals surface area contributed by atoms with Crippen LogP contribution in [0.25, 0.3) is 5.69 Å². The maximum Gasteiger partial charge on any atom is 0.368 e. The maximum atomic E-state index is 12.2. The first kappa shape index (κ1) is 16.0. The number of benzene rings is 1. The van der Waals surface area contributed by atoms with Crippen molar-refractivity contribution in [1.29, 1.82) is 0 Å². The number of tetrazole rings is 1. The van der Waals surface area contributed by atoms with Gasteiger partial charge in [-0.25, -0.2) is 4.79 Å². The van der Waals surface area contributed by atoms with E-state index in [0.717, 1.165) is 17.5 Å². The summed E-state index contributed by atoms with van der Waals surface area (Å²) in [7, 11) is 1.57. The minimum Gasteiger partial charge on any atom is -0.472 e. The normalized spacial score (nSPS) is 12.3. The van der Waals surface area contributed by atoms with Crippen molar-refractivity contribution in [3.63, 3.8) is 0 Å². The van der Waals surface area contributed by atoms with E-state index < -0.39 is 0 Å². The van der Waals surface area contributed by atoms with Crippen LogP contribution in [0.15, 0.2) is 35.3 Å². The molecule has 3 aromatic rings. The predicted molar refractivity (Wildman–Crippen MR) is 88.2 cm³/mol. The molecule has 0 radical (unpaired) electrons. The molecule has 1 unspecified atom stereocenters. The summed E-state index contributed by atoms with van der Waals surface area (Å²) in [6, 6.07) is 7.59. The van der Waals surface area contributed by atoms with E-state index in [2.05, 4.69) is 40.5 Å². The molecule has 0 amide bonds. The molecule has 0 fully saturated rings. The smallest absolute Gasteiger partial charge is 0.368 e. The monoisotopic (exact) mass is 328 g/mol. The first-order chi connectivity index (χ1) is 11.6. The fraction of sp³-hybridized carbons (Fsp3) is 0.375. The number of aromatic amines is 1. The summed E-state index contributed by atoms with van der Waals surface area (Å²) < 4.78 is 8.27. The molecule has 8 nitrogen and oxygen atoms in total. The zero-order chi connectivity index (χ0) is 17.1. The first-order valence-electron chi connectivity index (χ1n) is 7.85. The van der Waals surface area contributed by atoms with Crippen LogP contribution in [0.4, 0.5) is 0 Å². The number of aryl methyl sites for hydroxylation is 1. The van der Waals surface area contributed by atoms with Crippen LogP contribution in [0.5, 0.6) is 5.88 Å². The lowest BCUT2D eigenvalue weighted by molar-refractivity contribution is 0.291. The molecule has 0 spiro atoms. The lowest BCUT2D eigenvalue weighted by Gasteiger charge is -2.18. The van der Waals surface area contributed by atoms with Crippen LogP contribution in [0.3, 0.4) is 0 Å². The molecule has 2 aromatic heterocycles. The van der Waals surface area contributed by atoms with Crippen molar-refractivity contribution in [3.05, 3.63) is 52.1 Å². The van der Waals surface area contributed by atoms with Crippen LogP contribution >= 0.6 is 0 Å². The minimum atomic E-state index is -0.294. The zero-order valence-corrected chi connectivity index (χ0v) is 13.9. The highest BCUT2D eigenvalue weighted by Gasteiger charge is 2.18. The van der Waals surface area contributed by atoms with Gasteiger partial charge in [-0.1, -0.05) is 26.0 Å². The molecule has 0 aliphatic heterocycles. The van der Waals surface area contributed by atoms with E-state index in [9.17, 15) is 4.79 Å². The first-order valence-corrected chi connectivity index (χ1v) is 7.85. The van der Waals surface area contributed by atoms with Gasteiger partial charge in [-0.2, -0.15) is 9.36 Å². The van der Waals surface area contributed by atoms with E-state index in [1.807, 2.05) is 12.1 Å². The maximum absolute atomic E-state index is 12.2. The summed E-state index contributed by atoms with van der Waals surface area (Å²) in [5, 5.41) is 14.5. The van der Waals surface area contributed by atoms with Gasteiger partial charge in [0.25, 0.3) is 0 Å². The quantitative estimate of drug-likeness (QED) is 0.745. The van der Waals surface area contributed by atoms with Crippen LogP contribution in [-0.4, -0.2) is 30.0 Å². The Morgan fingerprint density at radius 1 is 1.29 bits per heavy atom. The highest BCUT2D eigenvalue weighted by molar-refractivity contribution is 5.46. The van der Waals surface area contributed by atoms with Gasteiger partial charge in [0.05, 0.1) is 5.69 Å². The van der Waals surface area contributed by atoms with E-state index in [1.165, 1.54) is 9.36 Å². The molecule has 126 valence electrons. The fourth-order valence-corrected chi connectivity index (χ4v) is 2.57. The number of aromatic nitrogens is 6. The Morgan fingerprint density at radius 2 is 2.12 bits per heavy atom. The lowest BCUT2D eigenvalue weighted by atomic mass is 9.93. The van der Waals surface area contributed by atoms with Gasteiger partial charge in [-0.05, 0) is 34.4 Å². The number of nitrogens with zero attached hydrogens (tertiary/aromatic N) is 5. The number of H-pyrrole nitrogens is 1. The second-order valence-electron chi connectivity index (χ2n) is 5.65. The van der Waals surface area contributed by atoms with Gasteiger partial charge in [-0.3, -0.25) is 5.10 Å². The van der Waals surface area contributed by atoms with Gasteiger partial charge in [0.2, 0.25) is 5.88 Å². The fourth-order valence-electron chi connectivity index (χ4n) is 2.57. The summed E-state index contributed by atoms with van der Waals surface area (Å²) in [6.45, 7) is 4.57. The molecule has 24 heavy (non-hydrogen) atoms. The SMILES string of the molecule is CCC(C)c1cccc(-n2nnn(C)c2=O)c1COc1cc[nH]n1. The van der Waals surface area contributed by atoms with E-state index in [-0.39, 0.29) is 5.69 Å². The predicted octanol–water partition coefficient (Wildman–Crippen LogP) is 1.78. The Balaban J connectivity index is 2.07. The number of hydrogen-bond donors (Lipinski definition) is 1. The van der Waals surface area contributed by atoms with E-state index >= 15 is 0 Å². The van der Waals surface area contributed by atoms with Crippen LogP contribution in [0, 0.1) is 0 Å². The molecule has 1 N–H and O–H groups in total. The highest BCUT2D eigenvalue weighted by Crippen LogP contribution is 2.27. The third kappa shape index (κ3) is 2.94. The Bertz CT molecular complexity index is 865. The van der Waals surface area contributed by atoms with Crippen molar-refractivity contribution >= 4 is 0 Å². The Hall–Kier alpha value is -2.90. The standard InChI is InChI=1S/C16H20N6O2/c1-4-11(2)12-6-5-7-14(22-16(23)21(3)19-20-22)13(12)10-24-15-8-9-17-18-15/h5-9,11H,4,10H2,1-3H3,(H,17,18). The molecule has 1 aromatic carbocycles. The minimum absolute atomic E-state index is 0.294. The van der Waals surface area contributed by atoms with Crippen molar-refractivity contribution < 1.29 is 4.74 Å². The van der Waals surface area contributed by atoms with Crippen LogP contribution in [-0.2, 0) is 13.7 Å². The summed E-state index contributed by atoms with van der Waals surface area (Å²) in [6.07, 6.45) is 2.68. The molecule has 3 rings (SSSR count). The molecular formula is C16H20N6O2. The third-order valence-electron chi connectivity index (χ3n) is 4.12. The van der Waals surface area contributed by atoms with Gasteiger partial charge < -0.3 is 4.74 Å². The van der Waals surface area contributed by atoms with Crippen LogP contribution in [0.2, 0.25) is 0 Å². The average Bonchev–Trinajstić information content (AvgIpc) is 3.23. The summed E-state index contributed by atoms with van der Waals surface area (Å²) >= 11 is 0. The molecule has 0 bridgehead atoms. The Kier molecular flexibility index (Phi) is 4.45. The molecule has 0 aliphatic rings. The molecule has 0 saturated heterocycles. The summed E-state index contributed by atoms with van der Waals surface area (Å²) in [5.41, 5.74) is 2.43. The average molecular weight is 328 g/mol. The van der Waals surface area contributed by atoms with Gasteiger partial charge in [0, 0.05) is 24.9 Å². The summed E-state index contributed by atoms with van der Waals surface area (Å²) in [4.78, 5) is 12.2. The van der Waals surface area contributed by atoms with Crippen molar-refractivity contribution in [2.45, 2.75) is 32.8 Å². The largest absolute Gasteiger partial charge is 0.472 e. The number of hydrogen-bond acceptors (Lipinski definition) is 5. The lowest BCUT2D eigenvalue weighted by Crippen LogP contribution is -2.23. The van der Waals surface area contributed by atoms with Crippen molar-refractivity contribution in [2.75, 3.05) is 0 Å². The van der Waals surface area contributed by atoms with Crippen molar-refractivity contribution in [2.24, 2.45) is 7.05 Å². The molecule has 8 heteroatoms. The molecule has 2 heterocycles. The van der Waals surface area contributed by atoms with E-state index in [1.54, 1.807) is 19.3 Å². The Labute approximate surface area is 139 Å². The third-order valence-corrected chi connectivity index (χ3v) is 4.12. The van der Waals surface area contributed by atoms with Gasteiger partial charge >= 0.3 is 5.69 Å². The van der Waals surface area contributed by atoms with Gasteiger partial charge in [0.1, 0.15) is 6.61 Å². The van der Waals surface area contributed by atoms with E-state index in [4.69, 9.17) is 4.74 Å². The summed E-state index contributed by atoms with van der Waals surface area (Å²) in [5.74, 6) is 0.835. The van der Waals surface area contributed by atoms with Gasteiger partial charge in [0.15, 0.2) is 0 Å². The van der Waals surface area contributed by atoms with Crippen molar-refractivity contribution in [1.82, 2.24) is 30.0 Å². The Morgan fingerprint density at radius 3 is 2.75 bits per heavy atom. The number of ether oxygens (including phenoxy) is 1. The molecule has 0 saturated carbocycles. The number of rotatable bonds is 6. The topological polar surface area (TPSA) is 90.6 Å².